The molecule has 2 aliphatic rings. The van der Waals surface area contributed by atoms with Gasteiger partial charge in [0, 0.05) is 31.7 Å². The number of amides is 3. The number of hydrogen-bond donors (Lipinski definition) is 1. The maximum Gasteiger partial charge on any atom is 0.418 e. The first kappa shape index (κ1) is 25.2. The summed E-state index contributed by atoms with van der Waals surface area (Å²) in [7, 11) is 0. The Labute approximate surface area is 207 Å². The van der Waals surface area contributed by atoms with Gasteiger partial charge in [-0.25, -0.2) is 4.79 Å². The maximum absolute atomic E-state index is 13.4. The molecule has 0 radical (unpaired) electrons. The van der Waals surface area contributed by atoms with Gasteiger partial charge in [-0.15, -0.1) is 0 Å². The molecular formula is C25H27ClF3N3O3. The first-order valence-corrected chi connectivity index (χ1v) is 11.9. The van der Waals surface area contributed by atoms with Crippen molar-refractivity contribution in [2.24, 2.45) is 5.41 Å². The van der Waals surface area contributed by atoms with Gasteiger partial charge in [0.05, 0.1) is 22.9 Å². The number of carbonyl (C=O) groups is 2. The third-order valence-electron chi connectivity index (χ3n) is 6.80. The van der Waals surface area contributed by atoms with E-state index in [0.717, 1.165) is 25.3 Å². The Morgan fingerprint density at radius 2 is 1.66 bits per heavy atom. The number of hydrogen-bond acceptors (Lipinski definition) is 3. The van der Waals surface area contributed by atoms with Crippen LogP contribution in [0.25, 0.3) is 0 Å². The van der Waals surface area contributed by atoms with E-state index in [1.165, 1.54) is 17.0 Å². The Balaban J connectivity index is 1.35. The minimum atomic E-state index is -4.64. The number of piperidine rings is 1. The van der Waals surface area contributed by atoms with Crippen LogP contribution in [0.15, 0.2) is 42.5 Å². The fourth-order valence-electron chi connectivity index (χ4n) is 4.82. The van der Waals surface area contributed by atoms with E-state index in [9.17, 15) is 22.8 Å². The highest BCUT2D eigenvalue weighted by molar-refractivity contribution is 6.33. The number of carbonyl (C=O) groups excluding carboxylic acids is 2. The van der Waals surface area contributed by atoms with Gasteiger partial charge < -0.3 is 19.9 Å². The summed E-state index contributed by atoms with van der Waals surface area (Å²) < 4.78 is 45.5. The monoisotopic (exact) mass is 509 g/mol. The number of benzene rings is 2. The molecule has 1 spiro atoms. The quantitative estimate of drug-likeness (QED) is 0.556. The van der Waals surface area contributed by atoms with Gasteiger partial charge in [-0.05, 0) is 68.0 Å². The summed E-state index contributed by atoms with van der Waals surface area (Å²) >= 11 is 5.97. The highest BCUT2D eigenvalue weighted by atomic mass is 35.5. The van der Waals surface area contributed by atoms with Crippen LogP contribution < -0.4 is 10.1 Å². The standard InChI is InChI=1S/C25H27ClF3N3O3/c1-2-35-18-8-6-17(7-9-18)22(33)31-13-10-24(11-14-31)12-15-32(16-24)23(34)30-21-19(25(27,28)29)4-3-5-20(21)26/h3-9H,2,10-16H2,1H3,(H,30,34). The van der Waals surface area contributed by atoms with Crippen LogP contribution in [-0.4, -0.2) is 54.5 Å². The first-order chi connectivity index (χ1) is 16.6. The molecule has 0 saturated carbocycles. The zero-order chi connectivity index (χ0) is 25.2. The van der Waals surface area contributed by atoms with Gasteiger partial charge in [-0.1, -0.05) is 17.7 Å². The Bertz CT molecular complexity index is 1080. The van der Waals surface area contributed by atoms with Gasteiger partial charge in [-0.2, -0.15) is 13.2 Å². The Kier molecular flexibility index (Phi) is 7.17. The van der Waals surface area contributed by atoms with E-state index in [1.807, 2.05) is 11.8 Å². The second-order valence-electron chi connectivity index (χ2n) is 9.01. The minimum absolute atomic E-state index is 0.0473. The van der Waals surface area contributed by atoms with E-state index >= 15 is 0 Å². The van der Waals surface area contributed by atoms with E-state index < -0.39 is 23.5 Å². The van der Waals surface area contributed by atoms with Gasteiger partial charge >= 0.3 is 12.2 Å². The van der Waals surface area contributed by atoms with Crippen molar-refractivity contribution in [2.45, 2.75) is 32.4 Å². The Morgan fingerprint density at radius 3 is 2.26 bits per heavy atom. The highest BCUT2D eigenvalue weighted by Crippen LogP contribution is 2.42. The number of nitrogens with one attached hydrogen (secondary N) is 1. The SMILES string of the molecule is CCOc1ccc(C(=O)N2CCC3(CCN(C(=O)Nc4c(Cl)cccc4C(F)(F)F)C3)CC2)cc1. The van der Waals surface area contributed by atoms with Crippen LogP contribution in [0.2, 0.25) is 5.02 Å². The zero-order valence-corrected chi connectivity index (χ0v) is 20.1. The lowest BCUT2D eigenvalue weighted by Gasteiger charge is -2.39. The molecule has 0 unspecified atom stereocenters. The molecule has 2 fully saturated rings. The molecule has 0 aromatic heterocycles. The maximum atomic E-state index is 13.4. The average molecular weight is 510 g/mol. The molecule has 10 heteroatoms. The molecular weight excluding hydrogens is 483 g/mol. The average Bonchev–Trinajstić information content (AvgIpc) is 3.24. The van der Waals surface area contributed by atoms with Gasteiger partial charge in [0.2, 0.25) is 0 Å². The fourth-order valence-corrected chi connectivity index (χ4v) is 5.04. The zero-order valence-electron chi connectivity index (χ0n) is 19.3. The number of urea groups is 1. The predicted octanol–water partition coefficient (Wildman–Crippen LogP) is 5.92. The Hall–Kier alpha value is -2.94. The van der Waals surface area contributed by atoms with Crippen LogP contribution >= 0.6 is 11.6 Å². The van der Waals surface area contributed by atoms with E-state index in [4.69, 9.17) is 16.3 Å². The topological polar surface area (TPSA) is 61.9 Å². The van der Waals surface area contributed by atoms with Crippen molar-refractivity contribution < 1.29 is 27.5 Å². The molecule has 188 valence electrons. The molecule has 2 heterocycles. The number of anilines is 1. The summed E-state index contributed by atoms with van der Waals surface area (Å²) in [6.07, 6.45) is -2.46. The molecule has 6 nitrogen and oxygen atoms in total. The van der Waals surface area contributed by atoms with Gasteiger partial charge in [0.25, 0.3) is 5.91 Å². The van der Waals surface area contributed by atoms with E-state index in [1.54, 1.807) is 24.3 Å². The molecule has 3 amide bonds. The number of halogens is 4. The largest absolute Gasteiger partial charge is 0.494 e. The summed E-state index contributed by atoms with van der Waals surface area (Å²) in [5.41, 5.74) is -0.964. The number of nitrogens with zero attached hydrogens (tertiary/aromatic N) is 2. The number of para-hydroxylation sites is 1. The lowest BCUT2D eigenvalue weighted by molar-refractivity contribution is -0.136. The van der Waals surface area contributed by atoms with E-state index in [0.29, 0.717) is 44.1 Å². The van der Waals surface area contributed by atoms with Gasteiger partial charge in [0.15, 0.2) is 0 Å². The molecule has 2 aromatic carbocycles. The van der Waals surface area contributed by atoms with Crippen LogP contribution in [-0.2, 0) is 6.18 Å². The third-order valence-corrected chi connectivity index (χ3v) is 7.12. The third kappa shape index (κ3) is 5.50. The second kappa shape index (κ2) is 9.97. The molecule has 1 N–H and O–H groups in total. The first-order valence-electron chi connectivity index (χ1n) is 11.6. The smallest absolute Gasteiger partial charge is 0.418 e. The van der Waals surface area contributed by atoms with Crippen LogP contribution in [0, 0.1) is 5.41 Å². The van der Waals surface area contributed by atoms with Crippen molar-refractivity contribution in [3.63, 3.8) is 0 Å². The van der Waals surface area contributed by atoms with Crippen molar-refractivity contribution in [1.82, 2.24) is 9.80 Å². The molecule has 2 aromatic rings. The van der Waals surface area contributed by atoms with Crippen LogP contribution in [0.3, 0.4) is 0 Å². The normalized spacial score (nSPS) is 17.5. The van der Waals surface area contributed by atoms with Gasteiger partial charge in [0.1, 0.15) is 5.75 Å². The van der Waals surface area contributed by atoms with Crippen LogP contribution in [0.1, 0.15) is 42.1 Å². The summed E-state index contributed by atoms with van der Waals surface area (Å²) in [5.74, 6) is 0.666. The number of ether oxygens (including phenoxy) is 1. The summed E-state index contributed by atoms with van der Waals surface area (Å²) in [6.45, 7) is 4.43. The lowest BCUT2D eigenvalue weighted by Crippen LogP contribution is -2.45. The predicted molar refractivity (Wildman–Crippen MR) is 127 cm³/mol. The van der Waals surface area contributed by atoms with Crippen molar-refractivity contribution >= 4 is 29.2 Å². The molecule has 0 aliphatic carbocycles. The van der Waals surface area contributed by atoms with Gasteiger partial charge in [-0.3, -0.25) is 4.79 Å². The fraction of sp³-hybridized carbons (Fsp3) is 0.440. The molecule has 2 aliphatic heterocycles. The highest BCUT2D eigenvalue weighted by Gasteiger charge is 2.43. The summed E-state index contributed by atoms with van der Waals surface area (Å²) in [4.78, 5) is 29.1. The lowest BCUT2D eigenvalue weighted by atomic mass is 9.77. The molecule has 2 saturated heterocycles. The summed E-state index contributed by atoms with van der Waals surface area (Å²) in [5, 5.41) is 2.21. The molecule has 0 atom stereocenters. The summed E-state index contributed by atoms with van der Waals surface area (Å²) in [6, 6.07) is 9.87. The number of likely N-dealkylation sites (tertiary alicyclic amines) is 2. The van der Waals surface area contributed by atoms with Crippen molar-refractivity contribution in [3.05, 3.63) is 58.6 Å². The van der Waals surface area contributed by atoms with E-state index in [2.05, 4.69) is 5.32 Å². The van der Waals surface area contributed by atoms with E-state index in [-0.39, 0.29) is 16.3 Å². The molecule has 4 rings (SSSR count). The van der Waals surface area contributed by atoms with Crippen LogP contribution in [0.5, 0.6) is 5.75 Å². The molecule has 0 bridgehead atoms. The Morgan fingerprint density at radius 1 is 1.03 bits per heavy atom. The molecule has 35 heavy (non-hydrogen) atoms. The van der Waals surface area contributed by atoms with Crippen molar-refractivity contribution in [2.75, 3.05) is 38.1 Å². The minimum Gasteiger partial charge on any atom is -0.494 e. The second-order valence-corrected chi connectivity index (χ2v) is 9.42. The van der Waals surface area contributed by atoms with Crippen LogP contribution in [0.4, 0.5) is 23.7 Å². The van der Waals surface area contributed by atoms with Crippen molar-refractivity contribution in [3.8, 4) is 5.75 Å². The number of alkyl halides is 3. The van der Waals surface area contributed by atoms with Crippen molar-refractivity contribution in [1.29, 1.82) is 0 Å². The number of rotatable bonds is 4.